The molecule has 8 heteroatoms. The summed E-state index contributed by atoms with van der Waals surface area (Å²) in [5.74, 6) is -1.98. The summed E-state index contributed by atoms with van der Waals surface area (Å²) in [6.45, 7) is 4.92. The summed E-state index contributed by atoms with van der Waals surface area (Å²) in [5, 5.41) is -0.0496. The van der Waals surface area contributed by atoms with E-state index in [1.54, 1.807) is 20.8 Å². The molecule has 0 unspecified atom stereocenters. The number of fused-ring (bicyclic) bond motifs is 1. The van der Waals surface area contributed by atoms with Gasteiger partial charge in [0.2, 0.25) is 11.2 Å². The van der Waals surface area contributed by atoms with Crippen LogP contribution in [-0.4, -0.2) is 5.97 Å². The molecule has 0 spiro atoms. The maximum Gasteiger partial charge on any atom is 0.450 e. The number of carbonyl (C=O) groups excluding carboxylic acids is 1. The first-order chi connectivity index (χ1) is 13.4. The predicted octanol–water partition coefficient (Wildman–Crippen LogP) is 6.19. The van der Waals surface area contributed by atoms with E-state index in [-0.39, 0.29) is 22.3 Å². The van der Waals surface area contributed by atoms with Gasteiger partial charge >= 0.3 is 12.1 Å². The molecule has 0 saturated heterocycles. The highest BCUT2D eigenvalue weighted by molar-refractivity contribution is 9.10. The van der Waals surface area contributed by atoms with Gasteiger partial charge in [-0.05, 0) is 50.6 Å². The molecule has 0 aliphatic rings. The van der Waals surface area contributed by atoms with Crippen LogP contribution in [0.15, 0.2) is 56.1 Å². The van der Waals surface area contributed by atoms with E-state index >= 15 is 0 Å². The van der Waals surface area contributed by atoms with Crippen LogP contribution >= 0.6 is 15.9 Å². The van der Waals surface area contributed by atoms with Gasteiger partial charge in [-0.25, -0.2) is 0 Å². The van der Waals surface area contributed by atoms with Crippen molar-refractivity contribution in [3.05, 3.63) is 62.9 Å². The van der Waals surface area contributed by atoms with E-state index in [2.05, 4.69) is 15.9 Å². The number of ether oxygens (including phenoxy) is 1. The zero-order valence-corrected chi connectivity index (χ0v) is 17.3. The Morgan fingerprint density at radius 2 is 1.66 bits per heavy atom. The topological polar surface area (TPSA) is 56.5 Å². The van der Waals surface area contributed by atoms with Crippen molar-refractivity contribution in [1.82, 2.24) is 0 Å². The third-order valence-electron chi connectivity index (χ3n) is 4.08. The van der Waals surface area contributed by atoms with Crippen molar-refractivity contribution in [3.8, 4) is 16.9 Å². The minimum Gasteiger partial charge on any atom is -0.450 e. The van der Waals surface area contributed by atoms with Gasteiger partial charge in [0, 0.05) is 10.5 Å². The lowest BCUT2D eigenvalue weighted by molar-refractivity contribution is -0.152. The van der Waals surface area contributed by atoms with E-state index in [0.717, 1.165) is 6.07 Å². The molecule has 0 fully saturated rings. The summed E-state index contributed by atoms with van der Waals surface area (Å²) in [5.41, 5.74) is -2.44. The van der Waals surface area contributed by atoms with Crippen molar-refractivity contribution in [3.63, 3.8) is 0 Å². The second kappa shape index (κ2) is 7.33. The fraction of sp³-hybridized carbons (Fsp3) is 0.238. The first kappa shape index (κ1) is 21.1. The van der Waals surface area contributed by atoms with Crippen molar-refractivity contribution < 1.29 is 27.1 Å². The van der Waals surface area contributed by atoms with Gasteiger partial charge in [0.25, 0.3) is 0 Å². The summed E-state index contributed by atoms with van der Waals surface area (Å²) < 4.78 is 51.9. The minimum absolute atomic E-state index is 0.00917. The number of rotatable bonds is 2. The first-order valence-electron chi connectivity index (χ1n) is 8.54. The molecule has 0 atom stereocenters. The number of hydrogen-bond donors (Lipinski definition) is 0. The van der Waals surface area contributed by atoms with Crippen LogP contribution in [0.25, 0.3) is 22.1 Å². The van der Waals surface area contributed by atoms with Gasteiger partial charge in [0.1, 0.15) is 11.3 Å². The zero-order chi connectivity index (χ0) is 21.6. The van der Waals surface area contributed by atoms with Crippen molar-refractivity contribution in [2.45, 2.75) is 26.9 Å². The molecule has 3 rings (SSSR count). The summed E-state index contributed by atoms with van der Waals surface area (Å²) in [6.07, 6.45) is -4.89. The maximum atomic E-state index is 13.7. The zero-order valence-electron chi connectivity index (χ0n) is 15.7. The van der Waals surface area contributed by atoms with E-state index in [4.69, 9.17) is 9.15 Å². The fourth-order valence-electron chi connectivity index (χ4n) is 2.58. The molecule has 3 aromatic rings. The fourth-order valence-corrected chi connectivity index (χ4v) is 2.84. The molecule has 2 aromatic carbocycles. The van der Waals surface area contributed by atoms with Crippen LogP contribution in [0.3, 0.4) is 0 Å². The molecule has 1 heterocycles. The molecular formula is C21H16BrF3O4. The van der Waals surface area contributed by atoms with Crippen LogP contribution in [0, 0.1) is 5.41 Å². The van der Waals surface area contributed by atoms with E-state index in [1.165, 1.54) is 36.4 Å². The Bertz CT molecular complexity index is 1140. The molecule has 0 radical (unpaired) electrons. The Hall–Kier alpha value is -2.61. The molecule has 1 aromatic heterocycles. The molecule has 0 bridgehead atoms. The Morgan fingerprint density at radius 3 is 2.21 bits per heavy atom. The maximum absolute atomic E-state index is 13.7. The smallest absolute Gasteiger partial charge is 0.450 e. The number of halogens is 4. The Labute approximate surface area is 172 Å². The quantitative estimate of drug-likeness (QED) is 0.332. The average molecular weight is 469 g/mol. The molecule has 0 N–H and O–H groups in total. The van der Waals surface area contributed by atoms with Gasteiger partial charge in [-0.3, -0.25) is 9.59 Å². The molecule has 0 aliphatic carbocycles. The molecular weight excluding hydrogens is 453 g/mol. The molecule has 152 valence electrons. The van der Waals surface area contributed by atoms with Crippen molar-refractivity contribution in [2.24, 2.45) is 5.41 Å². The Morgan fingerprint density at radius 1 is 1.03 bits per heavy atom. The molecule has 4 nitrogen and oxygen atoms in total. The van der Waals surface area contributed by atoms with E-state index in [9.17, 15) is 22.8 Å². The predicted molar refractivity (Wildman–Crippen MR) is 106 cm³/mol. The average Bonchev–Trinajstić information content (AvgIpc) is 2.61. The van der Waals surface area contributed by atoms with E-state index in [0.29, 0.717) is 4.47 Å². The van der Waals surface area contributed by atoms with E-state index < -0.39 is 34.3 Å². The number of carbonyl (C=O) groups is 1. The Kier molecular flexibility index (Phi) is 5.34. The number of esters is 1. The van der Waals surface area contributed by atoms with Crippen molar-refractivity contribution in [2.75, 3.05) is 0 Å². The largest absolute Gasteiger partial charge is 0.450 e. The van der Waals surface area contributed by atoms with Crippen LogP contribution < -0.4 is 10.2 Å². The van der Waals surface area contributed by atoms with E-state index in [1.807, 2.05) is 0 Å². The lowest BCUT2D eigenvalue weighted by atomic mass is 9.97. The van der Waals surface area contributed by atoms with Gasteiger partial charge < -0.3 is 9.15 Å². The van der Waals surface area contributed by atoms with Crippen LogP contribution in [0.2, 0.25) is 0 Å². The summed E-state index contributed by atoms with van der Waals surface area (Å²) in [6, 6.07) is 9.62. The third-order valence-corrected chi connectivity index (χ3v) is 4.61. The van der Waals surface area contributed by atoms with Crippen molar-refractivity contribution >= 4 is 32.9 Å². The first-order valence-corrected chi connectivity index (χ1v) is 9.33. The lowest BCUT2D eigenvalue weighted by Gasteiger charge is -2.17. The Balaban J connectivity index is 2.22. The SMILES string of the molecule is CC(C)(C)C(=O)Oc1ccc2c(=O)c(-c3ccc(Br)cc3)c(C(F)(F)F)oc2c1. The van der Waals surface area contributed by atoms with Gasteiger partial charge in [0.15, 0.2) is 0 Å². The number of hydrogen-bond acceptors (Lipinski definition) is 4. The highest BCUT2D eigenvalue weighted by Crippen LogP contribution is 2.38. The molecule has 0 aliphatic heterocycles. The summed E-state index contributed by atoms with van der Waals surface area (Å²) in [7, 11) is 0. The summed E-state index contributed by atoms with van der Waals surface area (Å²) in [4.78, 5) is 24.9. The highest BCUT2D eigenvalue weighted by Gasteiger charge is 2.39. The second-order valence-electron chi connectivity index (χ2n) is 7.44. The van der Waals surface area contributed by atoms with Crippen LogP contribution in [-0.2, 0) is 11.0 Å². The summed E-state index contributed by atoms with van der Waals surface area (Å²) >= 11 is 3.21. The second-order valence-corrected chi connectivity index (χ2v) is 8.35. The van der Waals surface area contributed by atoms with Crippen LogP contribution in [0.1, 0.15) is 26.5 Å². The lowest BCUT2D eigenvalue weighted by Crippen LogP contribution is -2.25. The number of benzene rings is 2. The normalized spacial score (nSPS) is 12.2. The molecule has 29 heavy (non-hydrogen) atoms. The third kappa shape index (κ3) is 4.37. The van der Waals surface area contributed by atoms with Gasteiger partial charge in [-0.15, -0.1) is 0 Å². The number of alkyl halides is 3. The van der Waals surface area contributed by atoms with Gasteiger partial charge in [-0.1, -0.05) is 28.1 Å². The van der Waals surface area contributed by atoms with Gasteiger partial charge in [-0.2, -0.15) is 13.2 Å². The van der Waals surface area contributed by atoms with Crippen LogP contribution in [0.5, 0.6) is 5.75 Å². The van der Waals surface area contributed by atoms with Gasteiger partial charge in [0.05, 0.1) is 16.4 Å². The van der Waals surface area contributed by atoms with Crippen molar-refractivity contribution in [1.29, 1.82) is 0 Å². The molecule has 0 saturated carbocycles. The highest BCUT2D eigenvalue weighted by atomic mass is 79.9. The minimum atomic E-state index is -4.89. The monoisotopic (exact) mass is 468 g/mol. The molecule has 0 amide bonds. The standard InChI is InChI=1S/C21H16BrF3O4/c1-20(2,3)19(27)28-13-8-9-14-15(10-13)29-18(21(23,24)25)16(17(14)26)11-4-6-12(22)7-5-11/h4-10H,1-3H3. The van der Waals surface area contributed by atoms with Crippen LogP contribution in [0.4, 0.5) is 13.2 Å².